The molecule has 0 bridgehead atoms. The maximum Gasteiger partial charge on any atom is 0.607 e. The molecule has 60 valence electrons. The van der Waals surface area contributed by atoms with Crippen LogP contribution in [0.1, 0.15) is 0 Å². The summed E-state index contributed by atoms with van der Waals surface area (Å²) in [5, 5.41) is 8.11. The molecule has 0 saturated carbocycles. The third-order valence-corrected chi connectivity index (χ3v) is 1.31. The molecule has 0 saturated heterocycles. The Morgan fingerprint density at radius 2 is 2.00 bits per heavy atom. The first-order chi connectivity index (χ1) is 5.88. The Kier molecular flexibility index (Phi) is 3.11. The number of nitriles is 1. The number of benzene rings is 1. The number of rotatable bonds is 3. The topological polar surface area (TPSA) is 42.2 Å². The van der Waals surface area contributed by atoms with Crippen LogP contribution in [0.2, 0.25) is 0 Å². The first-order valence-electron chi connectivity index (χ1n) is 3.25. The van der Waals surface area contributed by atoms with Gasteiger partial charge in [-0.25, -0.2) is 4.86 Å². The molecular formula is C7H5BFNO2. The van der Waals surface area contributed by atoms with E-state index in [1.807, 2.05) is 0 Å². The van der Waals surface area contributed by atoms with E-state index in [-0.39, 0.29) is 0 Å². The second kappa shape index (κ2) is 4.37. The first kappa shape index (κ1) is 8.56. The van der Waals surface area contributed by atoms with Gasteiger partial charge in [0.1, 0.15) is 0 Å². The molecule has 1 rings (SSSR count). The lowest BCUT2D eigenvalue weighted by molar-refractivity contribution is -0.0270. The van der Waals surface area contributed by atoms with Crippen LogP contribution in [0.25, 0.3) is 0 Å². The summed E-state index contributed by atoms with van der Waals surface area (Å²) in [7, 11) is -1.25. The largest absolute Gasteiger partial charge is 0.607 e. The molecule has 0 amide bonds. The molecule has 0 aliphatic rings. The Bertz CT molecular complexity index is 274. The molecule has 0 aliphatic carbocycles. The van der Waals surface area contributed by atoms with Gasteiger partial charge in [0.2, 0.25) is 0 Å². The van der Waals surface area contributed by atoms with Gasteiger partial charge in [-0.2, -0.15) is 5.26 Å². The Hall–Kier alpha value is -1.54. The Morgan fingerprint density at radius 3 is 2.50 bits per heavy atom. The second-order valence-corrected chi connectivity index (χ2v) is 2.04. The van der Waals surface area contributed by atoms with Crippen molar-refractivity contribution >= 4 is 12.6 Å². The predicted molar refractivity (Wildman–Crippen MR) is 40.7 cm³/mol. The van der Waals surface area contributed by atoms with Crippen molar-refractivity contribution in [2.75, 3.05) is 0 Å². The van der Waals surface area contributed by atoms with Gasteiger partial charge in [-0.1, -0.05) is 34.9 Å². The number of hydrogen-bond donors (Lipinski definition) is 0. The zero-order valence-corrected chi connectivity index (χ0v) is 6.11. The van der Waals surface area contributed by atoms with E-state index in [4.69, 9.17) is 5.26 Å². The molecule has 0 unspecified atom stereocenters. The fourth-order valence-corrected chi connectivity index (χ4v) is 0.796. The molecule has 0 N–H and O–H groups in total. The van der Waals surface area contributed by atoms with E-state index in [1.165, 1.54) is 6.26 Å². The summed E-state index contributed by atoms with van der Waals surface area (Å²) < 4.78 is 16.0. The maximum absolute atomic E-state index is 11.8. The molecule has 0 spiro atoms. The predicted octanol–water partition coefficient (Wildman–Crippen LogP) is 0.781. The van der Waals surface area contributed by atoms with E-state index in [0.717, 1.165) is 0 Å². The highest BCUT2D eigenvalue weighted by atomic mass is 19.3. The van der Waals surface area contributed by atoms with Gasteiger partial charge in [-0.05, 0) is 5.46 Å². The number of hydrogen-bond acceptors (Lipinski definition) is 3. The Morgan fingerprint density at radius 1 is 1.33 bits per heavy atom. The number of halogens is 1. The van der Waals surface area contributed by atoms with E-state index in [0.29, 0.717) is 5.46 Å². The van der Waals surface area contributed by atoms with Crippen LogP contribution in [0.15, 0.2) is 30.3 Å². The second-order valence-electron chi connectivity index (χ2n) is 2.04. The highest BCUT2D eigenvalue weighted by molar-refractivity contribution is 6.61. The van der Waals surface area contributed by atoms with Crippen LogP contribution in [0, 0.1) is 11.5 Å². The highest BCUT2D eigenvalue weighted by Crippen LogP contribution is 1.92. The molecule has 0 atom stereocenters. The normalized spacial score (nSPS) is 8.67. The lowest BCUT2D eigenvalue weighted by atomic mass is 9.80. The van der Waals surface area contributed by atoms with Crippen molar-refractivity contribution in [3.63, 3.8) is 0 Å². The lowest BCUT2D eigenvalue weighted by Crippen LogP contribution is -2.33. The number of nitrogens with zero attached hydrogens (tertiary/aromatic N) is 1. The molecular weight excluding hydrogens is 160 g/mol. The van der Waals surface area contributed by atoms with Crippen molar-refractivity contribution in [1.29, 1.82) is 5.26 Å². The van der Waals surface area contributed by atoms with E-state index >= 15 is 0 Å². The SMILES string of the molecule is N#COB(OF)c1ccccc1. The Labute approximate surface area is 69.4 Å². The molecule has 0 radical (unpaired) electrons. The fraction of sp³-hybridized carbons (Fsp3) is 0. The van der Waals surface area contributed by atoms with Gasteiger partial charge < -0.3 is 4.65 Å². The highest BCUT2D eigenvalue weighted by Gasteiger charge is 2.23. The molecule has 0 aliphatic heterocycles. The molecule has 0 fully saturated rings. The van der Waals surface area contributed by atoms with Crippen molar-refractivity contribution < 1.29 is 14.0 Å². The van der Waals surface area contributed by atoms with Gasteiger partial charge in [0.25, 0.3) is 6.26 Å². The van der Waals surface area contributed by atoms with Crippen molar-refractivity contribution in [3.8, 4) is 6.26 Å². The van der Waals surface area contributed by atoms with Crippen molar-refractivity contribution in [2.45, 2.75) is 0 Å². The zero-order chi connectivity index (χ0) is 8.81. The molecule has 1 aromatic rings. The summed E-state index contributed by atoms with van der Waals surface area (Å²) >= 11 is 0. The van der Waals surface area contributed by atoms with E-state index in [2.05, 4.69) is 9.51 Å². The van der Waals surface area contributed by atoms with Gasteiger partial charge in [0, 0.05) is 0 Å². The zero-order valence-electron chi connectivity index (χ0n) is 6.11. The van der Waals surface area contributed by atoms with Gasteiger partial charge in [-0.3, -0.25) is 0 Å². The van der Waals surface area contributed by atoms with Crippen LogP contribution in [0.5, 0.6) is 0 Å². The van der Waals surface area contributed by atoms with E-state index in [1.54, 1.807) is 30.3 Å². The summed E-state index contributed by atoms with van der Waals surface area (Å²) in [6.45, 7) is 0. The lowest BCUT2D eigenvalue weighted by Gasteiger charge is -2.01. The first-order valence-corrected chi connectivity index (χ1v) is 3.25. The van der Waals surface area contributed by atoms with Crippen LogP contribution in [0.3, 0.4) is 0 Å². The average Bonchev–Trinajstić information content (AvgIpc) is 2.15. The van der Waals surface area contributed by atoms with Gasteiger partial charge in [0.15, 0.2) is 0 Å². The summed E-state index contributed by atoms with van der Waals surface area (Å²) in [6, 6.07) is 8.36. The van der Waals surface area contributed by atoms with Crippen LogP contribution in [0.4, 0.5) is 4.53 Å². The summed E-state index contributed by atoms with van der Waals surface area (Å²) in [5.41, 5.74) is 0.460. The minimum Gasteiger partial charge on any atom is -0.462 e. The van der Waals surface area contributed by atoms with Crippen molar-refractivity contribution in [3.05, 3.63) is 30.3 Å². The Balaban J connectivity index is 2.75. The fourth-order valence-electron chi connectivity index (χ4n) is 0.796. The van der Waals surface area contributed by atoms with E-state index in [9.17, 15) is 4.53 Å². The molecule has 0 heterocycles. The monoisotopic (exact) mass is 165 g/mol. The molecule has 12 heavy (non-hydrogen) atoms. The quantitative estimate of drug-likeness (QED) is 0.490. The minimum atomic E-state index is -1.25. The van der Waals surface area contributed by atoms with Crippen molar-refractivity contribution in [2.24, 2.45) is 0 Å². The van der Waals surface area contributed by atoms with E-state index < -0.39 is 7.12 Å². The van der Waals surface area contributed by atoms with Crippen molar-refractivity contribution in [1.82, 2.24) is 0 Å². The minimum absolute atomic E-state index is 0.460. The molecule has 0 aromatic heterocycles. The van der Waals surface area contributed by atoms with Crippen LogP contribution < -0.4 is 5.46 Å². The molecule has 5 heteroatoms. The summed E-state index contributed by atoms with van der Waals surface area (Å²) in [4.78, 5) is 3.43. The summed E-state index contributed by atoms with van der Waals surface area (Å²) in [5.74, 6) is 0. The maximum atomic E-state index is 11.8. The third-order valence-electron chi connectivity index (χ3n) is 1.31. The molecule has 3 nitrogen and oxygen atoms in total. The van der Waals surface area contributed by atoms with Crippen LogP contribution in [-0.4, -0.2) is 7.12 Å². The van der Waals surface area contributed by atoms with Gasteiger partial charge in [-0.15, -0.1) is 0 Å². The van der Waals surface area contributed by atoms with Crippen LogP contribution >= 0.6 is 0 Å². The van der Waals surface area contributed by atoms with Gasteiger partial charge in [0.05, 0.1) is 0 Å². The summed E-state index contributed by atoms with van der Waals surface area (Å²) in [6.07, 6.45) is 1.35. The molecule has 1 aromatic carbocycles. The third kappa shape index (κ3) is 1.97. The van der Waals surface area contributed by atoms with Gasteiger partial charge >= 0.3 is 7.12 Å². The average molecular weight is 165 g/mol. The standard InChI is InChI=1S/C7H5BFNO2/c9-12-8(11-6-10)7-4-2-1-3-5-7/h1-5H. The smallest absolute Gasteiger partial charge is 0.462 e. The van der Waals surface area contributed by atoms with Crippen LogP contribution in [-0.2, 0) is 9.51 Å².